The molecular formula is C15H13N3O4. The van der Waals surface area contributed by atoms with Crippen LogP contribution in [0.25, 0.3) is 0 Å². The molecule has 0 heterocycles. The van der Waals surface area contributed by atoms with E-state index in [0.717, 1.165) is 0 Å². The van der Waals surface area contributed by atoms with Gasteiger partial charge in [0.1, 0.15) is 0 Å². The van der Waals surface area contributed by atoms with E-state index in [1.807, 2.05) is 6.07 Å². The molecule has 0 spiro atoms. The summed E-state index contributed by atoms with van der Waals surface area (Å²) in [5.74, 6) is -3.14. The van der Waals surface area contributed by atoms with Crippen molar-refractivity contribution in [3.63, 3.8) is 0 Å². The van der Waals surface area contributed by atoms with Gasteiger partial charge in [0.25, 0.3) is 0 Å². The van der Waals surface area contributed by atoms with E-state index in [4.69, 9.17) is 20.5 Å². The molecule has 2 rings (SSSR count). The Morgan fingerprint density at radius 1 is 1.27 bits per heavy atom. The van der Waals surface area contributed by atoms with E-state index in [1.54, 1.807) is 18.2 Å². The van der Waals surface area contributed by atoms with Gasteiger partial charge >= 0.3 is 0 Å². The van der Waals surface area contributed by atoms with Crippen LogP contribution in [0.4, 0.5) is 0 Å². The summed E-state index contributed by atoms with van der Waals surface area (Å²) in [6.07, 6.45) is 0. The Balaban J connectivity index is 2.49. The molecular weight excluding hydrogens is 286 g/mol. The van der Waals surface area contributed by atoms with Crippen molar-refractivity contribution in [2.24, 2.45) is 23.0 Å². The van der Waals surface area contributed by atoms with Crippen molar-refractivity contribution in [1.29, 1.82) is 10.5 Å². The first-order valence-corrected chi connectivity index (χ1v) is 6.35. The van der Waals surface area contributed by atoms with Gasteiger partial charge in [-0.05, 0) is 12.1 Å². The predicted molar refractivity (Wildman–Crippen MR) is 73.7 cm³/mol. The van der Waals surface area contributed by atoms with Crippen LogP contribution in [-0.2, 0) is 4.79 Å². The first-order chi connectivity index (χ1) is 10.5. The van der Waals surface area contributed by atoms with E-state index >= 15 is 0 Å². The number of nitrogens with two attached hydrogens (primary N) is 1. The van der Waals surface area contributed by atoms with Crippen LogP contribution in [0.3, 0.4) is 0 Å². The lowest BCUT2D eigenvalue weighted by Crippen LogP contribution is -2.28. The Labute approximate surface area is 126 Å². The summed E-state index contributed by atoms with van der Waals surface area (Å²) < 4.78 is 10.3. The summed E-state index contributed by atoms with van der Waals surface area (Å²) in [6, 6.07) is 8.22. The molecule has 1 aliphatic carbocycles. The Morgan fingerprint density at radius 2 is 1.95 bits per heavy atom. The lowest BCUT2D eigenvalue weighted by Gasteiger charge is -2.12. The number of benzene rings is 1. The molecule has 112 valence electrons. The number of carbonyl (C=O) groups excluding carboxylic acids is 2. The fraction of sp³-hybridized carbons (Fsp3) is 0.333. The van der Waals surface area contributed by atoms with Crippen molar-refractivity contribution in [2.75, 3.05) is 14.2 Å². The number of primary amides is 1. The number of hydrogen-bond acceptors (Lipinski definition) is 6. The number of methoxy groups -OCH3 is 2. The van der Waals surface area contributed by atoms with E-state index in [0.29, 0.717) is 5.75 Å². The van der Waals surface area contributed by atoms with Gasteiger partial charge in [-0.2, -0.15) is 10.5 Å². The minimum Gasteiger partial charge on any atom is -0.493 e. The zero-order chi connectivity index (χ0) is 16.5. The fourth-order valence-electron chi connectivity index (χ4n) is 2.67. The molecule has 0 unspecified atom stereocenters. The number of para-hydroxylation sites is 1. The smallest absolute Gasteiger partial charge is 0.240 e. The zero-order valence-corrected chi connectivity index (χ0v) is 12.0. The molecule has 1 aromatic carbocycles. The highest BCUT2D eigenvalue weighted by Crippen LogP contribution is 2.59. The van der Waals surface area contributed by atoms with Crippen molar-refractivity contribution >= 4 is 11.7 Å². The third-order valence-corrected chi connectivity index (χ3v) is 3.89. The van der Waals surface area contributed by atoms with E-state index in [9.17, 15) is 14.9 Å². The van der Waals surface area contributed by atoms with Gasteiger partial charge in [0, 0.05) is 0 Å². The number of Topliss-reactive ketones (excluding diaryl/α,β-unsaturated/α-hetero) is 1. The number of amides is 1. The molecule has 1 amide bonds. The molecule has 1 aliphatic rings. The molecule has 2 N–H and O–H groups in total. The molecule has 7 heteroatoms. The second-order valence-corrected chi connectivity index (χ2v) is 4.83. The highest BCUT2D eigenvalue weighted by molar-refractivity contribution is 6.09. The highest BCUT2D eigenvalue weighted by Gasteiger charge is 2.74. The Hall–Kier alpha value is -3.06. The van der Waals surface area contributed by atoms with Crippen molar-refractivity contribution in [3.8, 4) is 23.6 Å². The third kappa shape index (κ3) is 1.87. The second kappa shape index (κ2) is 5.38. The minimum absolute atomic E-state index is 0.144. The molecule has 1 saturated carbocycles. The summed E-state index contributed by atoms with van der Waals surface area (Å²) in [5, 5.41) is 18.3. The predicted octanol–water partition coefficient (Wildman–Crippen LogP) is 0.651. The normalized spacial score (nSPS) is 25.5. The summed E-state index contributed by atoms with van der Waals surface area (Å²) in [6.45, 7) is 0. The quantitative estimate of drug-likeness (QED) is 0.795. The summed E-state index contributed by atoms with van der Waals surface area (Å²) in [7, 11) is 2.79. The standard InChI is InChI=1S/C15H13N3O4/c1-21-10-5-3-4-8(13(10)22-2)12(19)11-9(6-16)15(11,7-17)14(18)20/h3-5,9,11H,1-2H3,(H2,18,20)/t9-,11+,15-/m1/s1. The number of rotatable bonds is 5. The van der Waals surface area contributed by atoms with Crippen molar-refractivity contribution < 1.29 is 19.1 Å². The zero-order valence-electron chi connectivity index (χ0n) is 12.0. The van der Waals surface area contributed by atoms with Crippen LogP contribution in [-0.4, -0.2) is 25.9 Å². The van der Waals surface area contributed by atoms with E-state index in [-0.39, 0.29) is 11.3 Å². The molecule has 0 aromatic heterocycles. The van der Waals surface area contributed by atoms with E-state index in [1.165, 1.54) is 20.3 Å². The molecule has 0 aliphatic heterocycles. The maximum atomic E-state index is 12.7. The number of nitriles is 2. The van der Waals surface area contributed by atoms with Crippen LogP contribution in [0.2, 0.25) is 0 Å². The molecule has 0 radical (unpaired) electrons. The topological polar surface area (TPSA) is 126 Å². The molecule has 3 atom stereocenters. The van der Waals surface area contributed by atoms with Gasteiger partial charge in [0.15, 0.2) is 22.7 Å². The first kappa shape index (κ1) is 15.3. The van der Waals surface area contributed by atoms with Gasteiger partial charge in [-0.25, -0.2) is 0 Å². The van der Waals surface area contributed by atoms with Gasteiger partial charge in [-0.1, -0.05) is 6.07 Å². The Morgan fingerprint density at radius 3 is 2.36 bits per heavy atom. The summed E-state index contributed by atoms with van der Waals surface area (Å²) >= 11 is 0. The highest BCUT2D eigenvalue weighted by atomic mass is 16.5. The first-order valence-electron chi connectivity index (χ1n) is 6.35. The average molecular weight is 299 g/mol. The monoisotopic (exact) mass is 299 g/mol. The van der Waals surface area contributed by atoms with Crippen molar-refractivity contribution in [2.45, 2.75) is 0 Å². The molecule has 0 saturated heterocycles. The SMILES string of the molecule is COc1cccc(C(=O)[C@@H]2[C@@H](C#N)[C@@]2(C#N)C(N)=O)c1OC. The average Bonchev–Trinajstić information content (AvgIpc) is 3.22. The minimum atomic E-state index is -1.78. The van der Waals surface area contributed by atoms with Crippen molar-refractivity contribution in [3.05, 3.63) is 23.8 Å². The van der Waals surface area contributed by atoms with Gasteiger partial charge < -0.3 is 15.2 Å². The number of ketones is 1. The fourth-order valence-corrected chi connectivity index (χ4v) is 2.67. The maximum Gasteiger partial charge on any atom is 0.240 e. The van der Waals surface area contributed by atoms with Gasteiger partial charge in [-0.3, -0.25) is 9.59 Å². The van der Waals surface area contributed by atoms with Crippen molar-refractivity contribution in [1.82, 2.24) is 0 Å². The Bertz CT molecular complexity index is 731. The number of nitrogens with zero attached hydrogens (tertiary/aromatic N) is 2. The number of hydrogen-bond donors (Lipinski definition) is 1. The summed E-state index contributed by atoms with van der Waals surface area (Å²) in [5.41, 5.74) is 3.59. The van der Waals surface area contributed by atoms with Gasteiger partial charge in [0.05, 0.1) is 43.8 Å². The maximum absolute atomic E-state index is 12.7. The molecule has 1 aromatic rings. The van der Waals surface area contributed by atoms with E-state index < -0.39 is 28.9 Å². The summed E-state index contributed by atoms with van der Waals surface area (Å²) in [4.78, 5) is 24.2. The molecule has 0 bridgehead atoms. The third-order valence-electron chi connectivity index (χ3n) is 3.89. The van der Waals surface area contributed by atoms with Crippen LogP contribution in [0, 0.1) is 39.9 Å². The largest absolute Gasteiger partial charge is 0.493 e. The number of ether oxygens (including phenoxy) is 2. The second-order valence-electron chi connectivity index (χ2n) is 4.83. The van der Waals surface area contributed by atoms with Gasteiger partial charge in [-0.15, -0.1) is 0 Å². The van der Waals surface area contributed by atoms with E-state index in [2.05, 4.69) is 0 Å². The van der Waals surface area contributed by atoms with Crippen LogP contribution >= 0.6 is 0 Å². The van der Waals surface area contributed by atoms with Crippen LogP contribution in [0.5, 0.6) is 11.5 Å². The molecule has 22 heavy (non-hydrogen) atoms. The van der Waals surface area contributed by atoms with Crippen LogP contribution in [0.1, 0.15) is 10.4 Å². The number of carbonyl (C=O) groups is 2. The lowest BCUT2D eigenvalue weighted by molar-refractivity contribution is -0.121. The van der Waals surface area contributed by atoms with Gasteiger partial charge in [0.2, 0.25) is 5.91 Å². The molecule has 1 fully saturated rings. The van der Waals surface area contributed by atoms with Crippen LogP contribution in [0.15, 0.2) is 18.2 Å². The van der Waals surface area contributed by atoms with Crippen LogP contribution < -0.4 is 15.2 Å². The molecule has 7 nitrogen and oxygen atoms in total. The Kier molecular flexibility index (Phi) is 3.75. The lowest BCUT2D eigenvalue weighted by atomic mass is 9.98.